The number of nitrogens with zero attached hydrogens (tertiary/aromatic N) is 3. The predicted octanol–water partition coefficient (Wildman–Crippen LogP) is 1.26. The van der Waals surface area contributed by atoms with Crippen molar-refractivity contribution in [2.24, 2.45) is 0 Å². The maximum absolute atomic E-state index is 11.2. The van der Waals surface area contributed by atoms with E-state index in [1.807, 2.05) is 18.4 Å². The molecule has 0 radical (unpaired) electrons. The van der Waals surface area contributed by atoms with Gasteiger partial charge in [-0.15, -0.1) is 10.2 Å². The molecule has 0 aliphatic carbocycles. The van der Waals surface area contributed by atoms with E-state index in [1.165, 1.54) is 0 Å². The first kappa shape index (κ1) is 11.7. The predicted molar refractivity (Wildman–Crippen MR) is 58.0 cm³/mol. The molecule has 0 bridgehead atoms. The Morgan fingerprint density at radius 3 is 2.71 bits per heavy atom. The average Bonchev–Trinajstić information content (AvgIpc) is 2.55. The Balaban J connectivity index is 2.65. The third-order valence-corrected chi connectivity index (χ3v) is 3.52. The van der Waals surface area contributed by atoms with Gasteiger partial charge in [0.25, 0.3) is 0 Å². The fourth-order valence-electron chi connectivity index (χ4n) is 1.13. The smallest absolute Gasteiger partial charge is 0.225 e. The van der Waals surface area contributed by atoms with Crippen molar-refractivity contribution in [1.29, 1.82) is 0 Å². The summed E-state index contributed by atoms with van der Waals surface area (Å²) >= 11 is 5.84. The van der Waals surface area contributed by atoms with Gasteiger partial charge in [-0.3, -0.25) is 4.21 Å². The van der Waals surface area contributed by atoms with Crippen LogP contribution in [0.25, 0.3) is 0 Å². The van der Waals surface area contributed by atoms with Crippen LogP contribution in [-0.4, -0.2) is 30.5 Å². The van der Waals surface area contributed by atoms with Crippen molar-refractivity contribution >= 4 is 22.4 Å². The summed E-state index contributed by atoms with van der Waals surface area (Å²) in [5, 5.41) is 8.07. The molecule has 80 valence electrons. The van der Waals surface area contributed by atoms with Gasteiger partial charge >= 0.3 is 0 Å². The highest BCUT2D eigenvalue weighted by Gasteiger charge is 2.08. The van der Waals surface area contributed by atoms with Gasteiger partial charge in [0.05, 0.1) is 0 Å². The maximum atomic E-state index is 11.2. The van der Waals surface area contributed by atoms with Crippen LogP contribution >= 0.6 is 11.6 Å². The molecule has 1 atom stereocenters. The Labute approximate surface area is 91.1 Å². The molecular weight excluding hydrogens is 222 g/mol. The van der Waals surface area contributed by atoms with Crippen LogP contribution in [0.3, 0.4) is 0 Å². The quantitative estimate of drug-likeness (QED) is 0.772. The summed E-state index contributed by atoms with van der Waals surface area (Å²) in [5.74, 6) is 2.14. The lowest BCUT2D eigenvalue weighted by Crippen LogP contribution is -2.11. The van der Waals surface area contributed by atoms with Crippen molar-refractivity contribution in [3.05, 3.63) is 11.1 Å². The Bertz CT molecular complexity index is 326. The summed E-state index contributed by atoms with van der Waals surface area (Å²) in [5.41, 5.74) is 0. The minimum absolute atomic E-state index is 0.384. The fraction of sp³-hybridized carbons (Fsp3) is 0.750. The lowest BCUT2D eigenvalue weighted by atomic mass is 10.4. The van der Waals surface area contributed by atoms with Gasteiger partial charge in [-0.25, -0.2) is 0 Å². The van der Waals surface area contributed by atoms with Gasteiger partial charge in [-0.1, -0.05) is 13.8 Å². The molecule has 4 nitrogen and oxygen atoms in total. The van der Waals surface area contributed by atoms with E-state index in [2.05, 4.69) is 10.2 Å². The minimum atomic E-state index is -0.765. The van der Waals surface area contributed by atoms with Crippen LogP contribution in [0.15, 0.2) is 0 Å². The molecule has 0 fully saturated rings. The third kappa shape index (κ3) is 2.78. The standard InChI is InChI=1S/C8H14ClN3OS/c1-3-7-10-11-8(9)12(7)5-6-14(13)4-2/h3-6H2,1-2H3. The number of aromatic nitrogens is 3. The van der Waals surface area contributed by atoms with Crippen molar-refractivity contribution in [2.75, 3.05) is 11.5 Å². The zero-order chi connectivity index (χ0) is 10.6. The first-order valence-corrected chi connectivity index (χ1v) is 6.48. The average molecular weight is 236 g/mol. The van der Waals surface area contributed by atoms with Crippen molar-refractivity contribution < 1.29 is 4.21 Å². The van der Waals surface area contributed by atoms with Crippen LogP contribution in [-0.2, 0) is 23.8 Å². The highest BCUT2D eigenvalue weighted by atomic mass is 35.5. The number of aryl methyl sites for hydroxylation is 1. The van der Waals surface area contributed by atoms with Crippen LogP contribution in [0.5, 0.6) is 0 Å². The number of rotatable bonds is 5. The zero-order valence-corrected chi connectivity index (χ0v) is 9.94. The Morgan fingerprint density at radius 2 is 2.14 bits per heavy atom. The second-order valence-electron chi connectivity index (χ2n) is 2.82. The van der Waals surface area contributed by atoms with Gasteiger partial charge in [0.15, 0.2) is 0 Å². The largest absolute Gasteiger partial charge is 0.301 e. The molecule has 1 aromatic heterocycles. The van der Waals surface area contributed by atoms with Crippen LogP contribution in [0.4, 0.5) is 0 Å². The van der Waals surface area contributed by atoms with Crippen molar-refractivity contribution in [2.45, 2.75) is 26.8 Å². The van der Waals surface area contributed by atoms with E-state index in [4.69, 9.17) is 11.6 Å². The summed E-state index contributed by atoms with van der Waals surface area (Å²) in [6, 6.07) is 0. The van der Waals surface area contributed by atoms with Crippen LogP contribution in [0, 0.1) is 0 Å². The summed E-state index contributed by atoms with van der Waals surface area (Å²) in [4.78, 5) is 0. The van der Waals surface area contributed by atoms with Gasteiger partial charge in [0.1, 0.15) is 5.82 Å². The normalized spacial score (nSPS) is 13.1. The fourth-order valence-corrected chi connectivity index (χ4v) is 2.03. The molecule has 0 aliphatic rings. The van der Waals surface area contributed by atoms with Gasteiger partial charge in [-0.05, 0) is 11.6 Å². The summed E-state index contributed by atoms with van der Waals surface area (Å²) in [6.07, 6.45) is 0.790. The summed E-state index contributed by atoms with van der Waals surface area (Å²) in [7, 11) is -0.765. The monoisotopic (exact) mass is 235 g/mol. The number of halogens is 1. The lowest BCUT2D eigenvalue weighted by molar-refractivity contribution is 0.666. The van der Waals surface area contributed by atoms with E-state index in [0.29, 0.717) is 23.3 Å². The molecule has 0 saturated carbocycles. The van der Waals surface area contributed by atoms with Crippen molar-refractivity contribution in [3.63, 3.8) is 0 Å². The zero-order valence-electron chi connectivity index (χ0n) is 8.36. The molecule has 0 amide bonds. The number of hydrogen-bond acceptors (Lipinski definition) is 3. The lowest BCUT2D eigenvalue weighted by Gasteiger charge is -2.05. The molecule has 1 heterocycles. The molecular formula is C8H14ClN3OS. The second kappa shape index (κ2) is 5.46. The molecule has 0 saturated heterocycles. The van der Waals surface area contributed by atoms with E-state index in [9.17, 15) is 4.21 Å². The molecule has 0 aliphatic heterocycles. The number of hydrogen-bond donors (Lipinski definition) is 0. The third-order valence-electron chi connectivity index (χ3n) is 1.96. The first-order valence-electron chi connectivity index (χ1n) is 4.61. The summed E-state index contributed by atoms with van der Waals surface area (Å²) in [6.45, 7) is 4.54. The van der Waals surface area contributed by atoms with E-state index in [1.54, 1.807) is 0 Å². The van der Waals surface area contributed by atoms with Crippen LogP contribution in [0.1, 0.15) is 19.7 Å². The second-order valence-corrected chi connectivity index (χ2v) is 5.03. The Kier molecular flexibility index (Phi) is 4.54. The molecule has 14 heavy (non-hydrogen) atoms. The van der Waals surface area contributed by atoms with Crippen LogP contribution in [0.2, 0.25) is 5.28 Å². The molecule has 6 heteroatoms. The van der Waals surface area contributed by atoms with Crippen molar-refractivity contribution in [1.82, 2.24) is 14.8 Å². The molecule has 1 aromatic rings. The van der Waals surface area contributed by atoms with Crippen LogP contribution < -0.4 is 0 Å². The molecule has 1 unspecified atom stereocenters. The van der Waals surface area contributed by atoms with Gasteiger partial charge < -0.3 is 4.57 Å². The molecule has 1 rings (SSSR count). The highest BCUT2D eigenvalue weighted by Crippen LogP contribution is 2.08. The summed E-state index contributed by atoms with van der Waals surface area (Å²) < 4.78 is 13.0. The van der Waals surface area contributed by atoms with Gasteiger partial charge in [-0.2, -0.15) is 0 Å². The molecule has 0 aromatic carbocycles. The first-order chi connectivity index (χ1) is 6.69. The molecule has 0 spiro atoms. The van der Waals surface area contributed by atoms with E-state index in [-0.39, 0.29) is 0 Å². The minimum Gasteiger partial charge on any atom is -0.301 e. The molecule has 0 N–H and O–H groups in total. The van der Waals surface area contributed by atoms with Crippen molar-refractivity contribution in [3.8, 4) is 0 Å². The van der Waals surface area contributed by atoms with E-state index >= 15 is 0 Å². The van der Waals surface area contributed by atoms with E-state index < -0.39 is 10.8 Å². The SMILES string of the molecule is CCc1nnc(Cl)n1CCS(=O)CC. The highest BCUT2D eigenvalue weighted by molar-refractivity contribution is 7.84. The maximum Gasteiger partial charge on any atom is 0.225 e. The van der Waals surface area contributed by atoms with Gasteiger partial charge in [0, 0.05) is 35.3 Å². The Hall–Kier alpha value is -0.420. The topological polar surface area (TPSA) is 47.8 Å². The van der Waals surface area contributed by atoms with Gasteiger partial charge in [0.2, 0.25) is 5.28 Å². The Morgan fingerprint density at radius 1 is 1.43 bits per heavy atom. The van der Waals surface area contributed by atoms with E-state index in [0.717, 1.165) is 12.2 Å².